The molecule has 0 radical (unpaired) electrons. The van der Waals surface area contributed by atoms with E-state index >= 15 is 0 Å². The Labute approximate surface area is 241 Å². The van der Waals surface area contributed by atoms with Gasteiger partial charge < -0.3 is 20.4 Å². The maximum absolute atomic E-state index is 13.8. The zero-order valence-electron chi connectivity index (χ0n) is 22.7. The lowest BCUT2D eigenvalue weighted by molar-refractivity contribution is -0.140. The highest BCUT2D eigenvalue weighted by atomic mass is 35.5. The number of carbonyl (C=O) groups is 2. The maximum atomic E-state index is 13.8. The van der Waals surface area contributed by atoms with Gasteiger partial charge in [0.15, 0.2) is 27.3 Å². The molecule has 13 heteroatoms. The molecule has 3 N–H and O–H groups in total. The number of aliphatic hydroxyl groups excluding tert-OH is 1. The van der Waals surface area contributed by atoms with E-state index in [2.05, 4.69) is 5.32 Å². The van der Waals surface area contributed by atoms with E-state index in [0.717, 1.165) is 6.07 Å². The second-order valence-corrected chi connectivity index (χ2v) is 13.9. The van der Waals surface area contributed by atoms with Crippen molar-refractivity contribution in [3.05, 3.63) is 58.4 Å². The van der Waals surface area contributed by atoms with Gasteiger partial charge in [-0.05, 0) is 62.1 Å². The monoisotopic (exact) mass is 616 g/mol. The fourth-order valence-corrected chi connectivity index (χ4v) is 8.72. The second-order valence-electron chi connectivity index (χ2n) is 11.2. The van der Waals surface area contributed by atoms with Crippen molar-refractivity contribution in [1.82, 2.24) is 4.90 Å². The van der Waals surface area contributed by atoms with Crippen LogP contribution in [-0.4, -0.2) is 65.4 Å². The smallest absolute Gasteiger partial charge is 0.255 e. The maximum Gasteiger partial charge on any atom is 0.255 e. The average molecular weight is 617 g/mol. The van der Waals surface area contributed by atoms with Crippen molar-refractivity contribution in [2.24, 2.45) is 17.8 Å². The molecule has 2 fully saturated rings. The molecule has 2 saturated carbocycles. The van der Waals surface area contributed by atoms with Crippen LogP contribution in [0.3, 0.4) is 0 Å². The average Bonchev–Trinajstić information content (AvgIpc) is 2.99. The van der Waals surface area contributed by atoms with Gasteiger partial charge in [-0.3, -0.25) is 9.59 Å². The Morgan fingerprint density at radius 3 is 2.34 bits per heavy atom. The second kappa shape index (κ2) is 11.5. The molecule has 2 unspecified atom stereocenters. The number of amides is 2. The first kappa shape index (κ1) is 31.3. The van der Waals surface area contributed by atoms with Gasteiger partial charge in [0.2, 0.25) is 5.91 Å². The Kier molecular flexibility index (Phi) is 8.80. The molecular formula is C28H32ClF3N2O6S. The number of halogens is 4. The molecular weight excluding hydrogens is 585 g/mol. The SMILES string of the molecule is CC(=O)N(C[C@H](C)O)C[C@@]1(O)C2C[C@@H](S(=O)(=O)c3cc(C(=O)Nc4cc(F)c(F)c(F)c4)ccc3Cl)CC1[C@@H](C)C2. The number of carbonyl (C=O) groups excluding carboxylic acids is 2. The molecule has 2 amide bonds. The van der Waals surface area contributed by atoms with E-state index in [4.69, 9.17) is 11.6 Å². The third kappa shape index (κ3) is 6.11. The van der Waals surface area contributed by atoms with Crippen LogP contribution < -0.4 is 5.32 Å². The van der Waals surface area contributed by atoms with Crippen LogP contribution >= 0.6 is 11.6 Å². The molecule has 2 aliphatic rings. The summed E-state index contributed by atoms with van der Waals surface area (Å²) in [6.45, 7) is 4.82. The quantitative estimate of drug-likeness (QED) is 0.383. The lowest BCUT2D eigenvalue weighted by Gasteiger charge is -2.45. The van der Waals surface area contributed by atoms with E-state index in [-0.39, 0.29) is 58.9 Å². The fourth-order valence-electron chi connectivity index (χ4n) is 6.35. The predicted molar refractivity (Wildman–Crippen MR) is 146 cm³/mol. The van der Waals surface area contributed by atoms with E-state index in [1.807, 2.05) is 6.92 Å². The minimum Gasteiger partial charge on any atom is -0.392 e. The highest BCUT2D eigenvalue weighted by Crippen LogP contribution is 2.55. The summed E-state index contributed by atoms with van der Waals surface area (Å²) in [5.41, 5.74) is -1.85. The Morgan fingerprint density at radius 1 is 1.15 bits per heavy atom. The lowest BCUT2D eigenvalue weighted by Crippen LogP contribution is -2.56. The van der Waals surface area contributed by atoms with Gasteiger partial charge >= 0.3 is 0 Å². The summed E-state index contributed by atoms with van der Waals surface area (Å²) >= 11 is 6.28. The van der Waals surface area contributed by atoms with Crippen molar-refractivity contribution in [2.45, 2.75) is 61.9 Å². The van der Waals surface area contributed by atoms with Gasteiger partial charge in [-0.1, -0.05) is 18.5 Å². The molecule has 4 rings (SSSR count). The number of hydrogen-bond acceptors (Lipinski definition) is 6. The molecule has 0 spiro atoms. The van der Waals surface area contributed by atoms with Gasteiger partial charge in [0, 0.05) is 36.9 Å². The van der Waals surface area contributed by atoms with Crippen LogP contribution in [-0.2, 0) is 14.6 Å². The number of benzene rings is 2. The molecule has 6 atom stereocenters. The molecule has 2 aromatic carbocycles. The lowest BCUT2D eigenvalue weighted by atomic mass is 9.72. The summed E-state index contributed by atoms with van der Waals surface area (Å²) in [7, 11) is -4.12. The number of nitrogens with one attached hydrogen (secondary N) is 1. The summed E-state index contributed by atoms with van der Waals surface area (Å²) < 4.78 is 68.1. The minimum absolute atomic E-state index is 0.0271. The Morgan fingerprint density at radius 2 is 1.78 bits per heavy atom. The summed E-state index contributed by atoms with van der Waals surface area (Å²) in [6.07, 6.45) is -0.0603. The van der Waals surface area contributed by atoms with E-state index in [1.54, 1.807) is 0 Å². The van der Waals surface area contributed by atoms with E-state index in [9.17, 15) is 41.4 Å². The van der Waals surface area contributed by atoms with Crippen molar-refractivity contribution >= 4 is 38.9 Å². The largest absolute Gasteiger partial charge is 0.392 e. The number of nitrogens with zero attached hydrogens (tertiary/aromatic N) is 1. The Hall–Kier alpha value is -2.67. The summed E-state index contributed by atoms with van der Waals surface area (Å²) in [5.74, 6) is -6.83. The van der Waals surface area contributed by atoms with E-state index in [1.165, 1.54) is 30.9 Å². The molecule has 0 aromatic heterocycles. The molecule has 41 heavy (non-hydrogen) atoms. The summed E-state index contributed by atoms with van der Waals surface area (Å²) in [6, 6.07) is 4.75. The number of hydrogen-bond donors (Lipinski definition) is 3. The molecule has 2 aliphatic carbocycles. The Bertz CT molecular complexity index is 1450. The topological polar surface area (TPSA) is 124 Å². The summed E-state index contributed by atoms with van der Waals surface area (Å²) in [4.78, 5) is 26.1. The molecule has 0 heterocycles. The minimum atomic E-state index is -4.12. The van der Waals surface area contributed by atoms with Gasteiger partial charge in [-0.15, -0.1) is 0 Å². The predicted octanol–water partition coefficient (Wildman–Crippen LogP) is 4.18. The van der Waals surface area contributed by atoms with Crippen LogP contribution in [0.4, 0.5) is 18.9 Å². The van der Waals surface area contributed by atoms with Gasteiger partial charge in [0.25, 0.3) is 5.91 Å². The highest BCUT2D eigenvalue weighted by Gasteiger charge is 2.59. The standard InChI is InChI=1S/C28H32ClF3N2O6S/c1-14-6-18-8-20(11-21(14)28(18,38)13-34(16(3)36)12-15(2)35)41(39,40)25-7-17(4-5-22(25)29)27(37)33-19-9-23(30)26(32)24(31)10-19/h4-5,7,9-10,14-15,18,20-21,35,38H,6,8,11-13H2,1-3H3,(H,33,37)/t14-,15-,18?,20+,21?,28+/m0/s1. The van der Waals surface area contributed by atoms with Crippen LogP contribution in [0.5, 0.6) is 0 Å². The van der Waals surface area contributed by atoms with Gasteiger partial charge in [-0.25, -0.2) is 21.6 Å². The third-order valence-corrected chi connectivity index (χ3v) is 11.0. The van der Waals surface area contributed by atoms with Gasteiger partial charge in [-0.2, -0.15) is 0 Å². The van der Waals surface area contributed by atoms with Crippen molar-refractivity contribution in [3.8, 4) is 0 Å². The van der Waals surface area contributed by atoms with Crippen LogP contribution in [0.1, 0.15) is 50.4 Å². The Balaban J connectivity index is 1.58. The first-order chi connectivity index (χ1) is 19.0. The van der Waals surface area contributed by atoms with Crippen molar-refractivity contribution in [3.63, 3.8) is 0 Å². The molecule has 0 aliphatic heterocycles. The van der Waals surface area contributed by atoms with Crippen LogP contribution in [0.15, 0.2) is 35.2 Å². The number of sulfone groups is 1. The first-order valence-electron chi connectivity index (χ1n) is 13.2. The number of rotatable bonds is 8. The van der Waals surface area contributed by atoms with Gasteiger partial charge in [0.05, 0.1) is 33.4 Å². The fraction of sp³-hybridized carbons (Fsp3) is 0.500. The van der Waals surface area contributed by atoms with Crippen LogP contribution in [0.2, 0.25) is 5.02 Å². The number of anilines is 1. The molecule has 224 valence electrons. The highest BCUT2D eigenvalue weighted by molar-refractivity contribution is 7.92. The molecule has 0 saturated heterocycles. The third-order valence-electron chi connectivity index (χ3n) is 8.31. The number of fused-ring (bicyclic) bond motifs is 2. The van der Waals surface area contributed by atoms with Crippen molar-refractivity contribution in [1.29, 1.82) is 0 Å². The van der Waals surface area contributed by atoms with Crippen LogP contribution in [0.25, 0.3) is 0 Å². The van der Waals surface area contributed by atoms with Crippen molar-refractivity contribution in [2.75, 3.05) is 18.4 Å². The zero-order chi connectivity index (χ0) is 30.4. The van der Waals surface area contributed by atoms with Gasteiger partial charge in [0.1, 0.15) is 0 Å². The van der Waals surface area contributed by atoms with E-state index < -0.39 is 62.0 Å². The first-order valence-corrected chi connectivity index (χ1v) is 15.1. The van der Waals surface area contributed by atoms with Crippen LogP contribution in [0, 0.1) is 35.2 Å². The molecule has 2 bridgehead atoms. The molecule has 8 nitrogen and oxygen atoms in total. The normalized spacial score (nSPS) is 26.5. The number of aliphatic hydroxyl groups is 2. The van der Waals surface area contributed by atoms with E-state index in [0.29, 0.717) is 18.6 Å². The summed E-state index contributed by atoms with van der Waals surface area (Å²) in [5, 5.41) is 22.8. The molecule has 2 aromatic rings. The van der Waals surface area contributed by atoms with Crippen molar-refractivity contribution < 1.29 is 41.4 Å². The zero-order valence-corrected chi connectivity index (χ0v) is 24.3.